The Hall–Kier alpha value is -4.21. The normalized spacial score (nSPS) is 13.6. The highest BCUT2D eigenvalue weighted by atomic mass is 35.5. The van der Waals surface area contributed by atoms with E-state index < -0.39 is 29.9 Å². The Morgan fingerprint density at radius 2 is 1.48 bits per heavy atom. The summed E-state index contributed by atoms with van der Waals surface area (Å²) in [5, 5.41) is 16.2. The number of benzene rings is 4. The molecule has 4 aromatic carbocycles. The molecule has 260 valence electrons. The van der Waals surface area contributed by atoms with Crippen molar-refractivity contribution in [3.63, 3.8) is 0 Å². The minimum Gasteiger partial charge on any atom is -0.389 e. The summed E-state index contributed by atoms with van der Waals surface area (Å²) in [7, 11) is 0. The van der Waals surface area contributed by atoms with Gasteiger partial charge < -0.3 is 15.3 Å². The van der Waals surface area contributed by atoms with Crippen molar-refractivity contribution in [3.8, 4) is 0 Å². The van der Waals surface area contributed by atoms with E-state index in [0.717, 1.165) is 27.2 Å². The molecule has 2 atom stereocenters. The molecule has 0 fully saturated rings. The summed E-state index contributed by atoms with van der Waals surface area (Å²) < 4.78 is 0. The predicted octanol–water partition coefficient (Wildman–Crippen LogP) is 6.73. The monoisotopic (exact) mass is 733 g/mol. The van der Waals surface area contributed by atoms with Gasteiger partial charge in [-0.2, -0.15) is 0 Å². The molecule has 11 heteroatoms. The van der Waals surface area contributed by atoms with E-state index in [2.05, 4.69) is 5.32 Å². The Balaban J connectivity index is 1.29. The number of hydrogen-bond donors (Lipinski definition) is 2. The topological polar surface area (TPSA) is 107 Å². The van der Waals surface area contributed by atoms with Gasteiger partial charge in [0.2, 0.25) is 11.8 Å². The molecule has 4 aromatic rings. The maximum absolute atomic E-state index is 13.7. The standard InChI is InChI=1S/C39H38Cl3N3O5/c1-25-21-27(11-15-32(25)41)12-16-37(48)44(19-17-28-13-14-29(40)23-33(28)42)24-35(46)34(22-26-7-3-2-4-8-26)43-36(47)18-20-45-38(49)30-9-5-6-10-31(30)39(45)50/h2-11,13-15,21,23,34-35,46H,12,16-20,22,24H2,1H3,(H,43,47). The van der Waals surface area contributed by atoms with Crippen molar-refractivity contribution in [2.24, 2.45) is 0 Å². The van der Waals surface area contributed by atoms with Crippen LogP contribution in [0.25, 0.3) is 0 Å². The van der Waals surface area contributed by atoms with Crippen LogP contribution in [-0.4, -0.2) is 70.3 Å². The zero-order chi connectivity index (χ0) is 35.8. The highest BCUT2D eigenvalue weighted by Gasteiger charge is 2.35. The quantitative estimate of drug-likeness (QED) is 0.132. The number of nitrogens with zero attached hydrogens (tertiary/aromatic N) is 2. The smallest absolute Gasteiger partial charge is 0.261 e. The number of rotatable bonds is 15. The Morgan fingerprint density at radius 1 is 0.800 bits per heavy atom. The van der Waals surface area contributed by atoms with E-state index in [1.165, 1.54) is 0 Å². The van der Waals surface area contributed by atoms with Crippen molar-refractivity contribution in [2.75, 3.05) is 19.6 Å². The van der Waals surface area contributed by atoms with Gasteiger partial charge in [-0.3, -0.25) is 24.1 Å². The molecule has 2 unspecified atom stereocenters. The second-order valence-corrected chi connectivity index (χ2v) is 13.6. The first-order valence-electron chi connectivity index (χ1n) is 16.4. The second kappa shape index (κ2) is 17.1. The lowest BCUT2D eigenvalue weighted by Crippen LogP contribution is -2.51. The first kappa shape index (κ1) is 37.1. The van der Waals surface area contributed by atoms with Crippen LogP contribution in [-0.2, 0) is 28.9 Å². The zero-order valence-electron chi connectivity index (χ0n) is 27.6. The number of amides is 4. The maximum atomic E-state index is 13.7. The first-order valence-corrected chi connectivity index (χ1v) is 17.6. The molecule has 8 nitrogen and oxygen atoms in total. The van der Waals surface area contributed by atoms with Gasteiger partial charge in [0.15, 0.2) is 0 Å². The van der Waals surface area contributed by atoms with E-state index in [1.54, 1.807) is 41.3 Å². The second-order valence-electron chi connectivity index (χ2n) is 12.4. The van der Waals surface area contributed by atoms with Crippen LogP contribution >= 0.6 is 34.8 Å². The van der Waals surface area contributed by atoms with E-state index >= 15 is 0 Å². The fourth-order valence-electron chi connectivity index (χ4n) is 6.01. The molecule has 4 amide bonds. The number of aliphatic hydroxyl groups is 1. The summed E-state index contributed by atoms with van der Waals surface area (Å²) in [6, 6.07) is 26.0. The van der Waals surface area contributed by atoms with Crippen LogP contribution in [0.4, 0.5) is 0 Å². The third-order valence-corrected chi connectivity index (χ3v) is 9.84. The lowest BCUT2D eigenvalue weighted by Gasteiger charge is -2.31. The molecule has 1 heterocycles. The fourth-order valence-corrected chi connectivity index (χ4v) is 6.63. The average molecular weight is 735 g/mol. The minimum absolute atomic E-state index is 0.0557. The van der Waals surface area contributed by atoms with Gasteiger partial charge in [-0.1, -0.05) is 95.5 Å². The molecule has 0 radical (unpaired) electrons. The number of fused-ring (bicyclic) bond motifs is 1. The van der Waals surface area contributed by atoms with Crippen LogP contribution in [0.5, 0.6) is 0 Å². The molecule has 2 N–H and O–H groups in total. The molecule has 0 bridgehead atoms. The van der Waals surface area contributed by atoms with Crippen molar-refractivity contribution < 1.29 is 24.3 Å². The lowest BCUT2D eigenvalue weighted by molar-refractivity contribution is -0.133. The molecule has 0 saturated carbocycles. The number of hydrogen-bond acceptors (Lipinski definition) is 5. The summed E-state index contributed by atoms with van der Waals surface area (Å²) in [4.78, 5) is 55.4. The molecule has 0 saturated heterocycles. The summed E-state index contributed by atoms with van der Waals surface area (Å²) >= 11 is 18.7. The molecular weight excluding hydrogens is 697 g/mol. The number of halogens is 3. The number of aliphatic hydroxyl groups excluding tert-OH is 1. The van der Waals surface area contributed by atoms with Crippen molar-refractivity contribution in [1.29, 1.82) is 0 Å². The minimum atomic E-state index is -1.15. The molecule has 0 spiro atoms. The molecule has 0 aliphatic carbocycles. The summed E-state index contributed by atoms with van der Waals surface area (Å²) in [6.07, 6.45) is 0.0775. The Labute approximate surface area is 306 Å². The highest BCUT2D eigenvalue weighted by molar-refractivity contribution is 6.35. The Morgan fingerprint density at radius 3 is 2.14 bits per heavy atom. The van der Waals surface area contributed by atoms with Crippen molar-refractivity contribution in [2.45, 2.75) is 51.2 Å². The fraction of sp³-hybridized carbons (Fsp3) is 0.282. The van der Waals surface area contributed by atoms with Crippen LogP contribution in [0.1, 0.15) is 55.8 Å². The third-order valence-electron chi connectivity index (χ3n) is 8.83. The molecule has 5 rings (SSSR count). The number of carbonyl (C=O) groups is 4. The number of nitrogens with one attached hydrogen (secondary N) is 1. The van der Waals surface area contributed by atoms with Crippen LogP contribution in [0.2, 0.25) is 15.1 Å². The number of aryl methyl sites for hydroxylation is 2. The van der Waals surface area contributed by atoms with E-state index in [-0.39, 0.29) is 44.8 Å². The van der Waals surface area contributed by atoms with Crippen LogP contribution < -0.4 is 5.32 Å². The van der Waals surface area contributed by atoms with Gasteiger partial charge in [0.1, 0.15) is 0 Å². The molecular formula is C39H38Cl3N3O5. The Bertz CT molecular complexity index is 1830. The SMILES string of the molecule is Cc1cc(CCC(=O)N(CCc2ccc(Cl)cc2Cl)CC(O)C(Cc2ccccc2)NC(=O)CCN2C(=O)c3ccccc3C2=O)ccc1Cl. The van der Waals surface area contributed by atoms with Gasteiger partial charge in [-0.05, 0) is 78.8 Å². The van der Waals surface area contributed by atoms with Gasteiger partial charge in [-0.15, -0.1) is 0 Å². The van der Waals surface area contributed by atoms with Crippen LogP contribution in [0.15, 0.2) is 91.0 Å². The largest absolute Gasteiger partial charge is 0.389 e. The van der Waals surface area contributed by atoms with Crippen molar-refractivity contribution >= 4 is 58.4 Å². The average Bonchev–Trinajstić information content (AvgIpc) is 3.35. The van der Waals surface area contributed by atoms with Crippen molar-refractivity contribution in [1.82, 2.24) is 15.1 Å². The molecule has 1 aliphatic heterocycles. The highest BCUT2D eigenvalue weighted by Crippen LogP contribution is 2.24. The summed E-state index contributed by atoms with van der Waals surface area (Å²) in [5.41, 5.74) is 4.19. The van der Waals surface area contributed by atoms with Gasteiger partial charge in [0, 0.05) is 47.5 Å². The summed E-state index contributed by atoms with van der Waals surface area (Å²) in [5.74, 6) is -1.49. The molecule has 1 aliphatic rings. The van der Waals surface area contributed by atoms with Crippen molar-refractivity contribution in [3.05, 3.63) is 139 Å². The third kappa shape index (κ3) is 9.52. The van der Waals surface area contributed by atoms with Crippen LogP contribution in [0, 0.1) is 6.92 Å². The van der Waals surface area contributed by atoms with E-state index in [1.807, 2.05) is 61.5 Å². The lowest BCUT2D eigenvalue weighted by atomic mass is 9.99. The van der Waals surface area contributed by atoms with Crippen LogP contribution in [0.3, 0.4) is 0 Å². The van der Waals surface area contributed by atoms with Gasteiger partial charge in [0.25, 0.3) is 11.8 Å². The van der Waals surface area contributed by atoms with Gasteiger partial charge >= 0.3 is 0 Å². The van der Waals surface area contributed by atoms with E-state index in [0.29, 0.717) is 39.0 Å². The molecule has 0 aromatic heterocycles. The van der Waals surface area contributed by atoms with E-state index in [9.17, 15) is 24.3 Å². The number of imide groups is 1. The molecule has 50 heavy (non-hydrogen) atoms. The maximum Gasteiger partial charge on any atom is 0.261 e. The predicted molar refractivity (Wildman–Crippen MR) is 196 cm³/mol. The van der Waals surface area contributed by atoms with Gasteiger partial charge in [-0.25, -0.2) is 0 Å². The van der Waals surface area contributed by atoms with E-state index in [4.69, 9.17) is 34.8 Å². The summed E-state index contributed by atoms with van der Waals surface area (Å²) in [6.45, 7) is 2.01. The number of carbonyl (C=O) groups excluding carboxylic acids is 4. The Kier molecular flexibility index (Phi) is 12.7. The first-order chi connectivity index (χ1) is 24.0. The zero-order valence-corrected chi connectivity index (χ0v) is 29.8. The van der Waals surface area contributed by atoms with Gasteiger partial charge in [0.05, 0.1) is 23.3 Å².